The third kappa shape index (κ3) is 4.94. The van der Waals surface area contributed by atoms with E-state index in [-0.39, 0.29) is 18.0 Å². The van der Waals surface area contributed by atoms with Gasteiger partial charge < -0.3 is 19.2 Å². The van der Waals surface area contributed by atoms with Gasteiger partial charge in [0.1, 0.15) is 12.4 Å². The van der Waals surface area contributed by atoms with Crippen molar-refractivity contribution in [3.63, 3.8) is 0 Å². The van der Waals surface area contributed by atoms with Crippen LogP contribution in [0.3, 0.4) is 0 Å². The third-order valence-electron chi connectivity index (χ3n) is 3.96. The molecular weight excluding hydrogens is 396 g/mol. The van der Waals surface area contributed by atoms with Crippen molar-refractivity contribution in [3.8, 4) is 11.5 Å². The Balaban J connectivity index is 1.69. The molecule has 1 aromatic heterocycles. The van der Waals surface area contributed by atoms with Crippen LogP contribution in [-0.4, -0.2) is 29.7 Å². The second-order valence-corrected chi connectivity index (χ2v) is 6.35. The average Bonchev–Trinajstić information content (AvgIpc) is 2.71. The van der Waals surface area contributed by atoms with Crippen molar-refractivity contribution in [2.24, 2.45) is 0 Å². The Hall–Kier alpha value is -3.32. The number of aromatic amines is 1. The van der Waals surface area contributed by atoms with Crippen molar-refractivity contribution in [1.82, 2.24) is 9.97 Å². The highest BCUT2D eigenvalue weighted by molar-refractivity contribution is 6.32. The van der Waals surface area contributed by atoms with E-state index in [1.807, 2.05) is 6.92 Å². The van der Waals surface area contributed by atoms with Crippen LogP contribution in [0.1, 0.15) is 18.3 Å². The fourth-order valence-electron chi connectivity index (χ4n) is 2.70. The normalized spacial score (nSPS) is 11.0. The second-order valence-electron chi connectivity index (χ2n) is 5.94. The van der Waals surface area contributed by atoms with Crippen LogP contribution in [0.2, 0.25) is 5.02 Å². The Morgan fingerprint density at radius 2 is 2.07 bits per heavy atom. The first-order valence-corrected chi connectivity index (χ1v) is 9.22. The lowest BCUT2D eigenvalue weighted by molar-refractivity contribution is -0.139. The number of H-pyrrole nitrogens is 1. The number of ether oxygens (including phenoxy) is 3. The van der Waals surface area contributed by atoms with Crippen LogP contribution >= 0.6 is 11.6 Å². The number of methoxy groups -OCH3 is 1. The number of benzene rings is 2. The first-order chi connectivity index (χ1) is 14.0. The standard InChI is InChI=1S/C21H19ClN2O5/c1-3-28-17-11-13(10-15(22)20(17)27-2)8-9-19(25)29-12-18-23-16-7-5-4-6-14(16)21(26)24-18/h4-11H,3,12H2,1-2H3,(H,23,24,26)/b9-8+. The number of aromatic nitrogens is 2. The summed E-state index contributed by atoms with van der Waals surface area (Å²) in [5.41, 5.74) is 0.899. The van der Waals surface area contributed by atoms with E-state index >= 15 is 0 Å². The van der Waals surface area contributed by atoms with E-state index in [2.05, 4.69) is 9.97 Å². The van der Waals surface area contributed by atoms with E-state index in [0.29, 0.717) is 39.6 Å². The molecule has 2 aromatic carbocycles. The zero-order valence-corrected chi connectivity index (χ0v) is 16.7. The minimum absolute atomic E-state index is 0.156. The van der Waals surface area contributed by atoms with Crippen molar-refractivity contribution in [2.75, 3.05) is 13.7 Å². The number of fused-ring (bicyclic) bond motifs is 1. The number of carbonyl (C=O) groups excluding carboxylic acids is 1. The first-order valence-electron chi connectivity index (χ1n) is 8.85. The molecule has 3 aromatic rings. The number of esters is 1. The van der Waals surface area contributed by atoms with Crippen LogP contribution in [0.25, 0.3) is 17.0 Å². The summed E-state index contributed by atoms with van der Waals surface area (Å²) in [6.07, 6.45) is 2.81. The Morgan fingerprint density at radius 3 is 2.83 bits per heavy atom. The van der Waals surface area contributed by atoms with Crippen LogP contribution in [0.15, 0.2) is 47.3 Å². The van der Waals surface area contributed by atoms with Crippen LogP contribution in [0.5, 0.6) is 11.5 Å². The molecule has 0 amide bonds. The van der Waals surface area contributed by atoms with Gasteiger partial charge >= 0.3 is 5.97 Å². The van der Waals surface area contributed by atoms with Crippen molar-refractivity contribution in [1.29, 1.82) is 0 Å². The predicted molar refractivity (Wildman–Crippen MR) is 110 cm³/mol. The highest BCUT2D eigenvalue weighted by atomic mass is 35.5. The van der Waals surface area contributed by atoms with E-state index in [1.165, 1.54) is 13.2 Å². The molecule has 150 valence electrons. The quantitative estimate of drug-likeness (QED) is 0.468. The number of para-hydroxylation sites is 1. The summed E-state index contributed by atoms with van der Waals surface area (Å²) in [6.45, 7) is 2.13. The number of hydrogen-bond acceptors (Lipinski definition) is 6. The molecule has 0 bridgehead atoms. The predicted octanol–water partition coefficient (Wildman–Crippen LogP) is 3.74. The summed E-state index contributed by atoms with van der Waals surface area (Å²) >= 11 is 6.19. The van der Waals surface area contributed by atoms with E-state index in [0.717, 1.165) is 0 Å². The number of nitrogens with zero attached hydrogens (tertiary/aromatic N) is 1. The van der Waals surface area contributed by atoms with E-state index in [1.54, 1.807) is 42.5 Å². The summed E-state index contributed by atoms with van der Waals surface area (Å²) in [4.78, 5) is 31.0. The summed E-state index contributed by atoms with van der Waals surface area (Å²) in [7, 11) is 1.50. The largest absolute Gasteiger partial charge is 0.491 e. The molecule has 0 radical (unpaired) electrons. The third-order valence-corrected chi connectivity index (χ3v) is 4.24. The molecule has 0 unspecified atom stereocenters. The molecule has 8 heteroatoms. The Kier molecular flexibility index (Phi) is 6.51. The Morgan fingerprint density at radius 1 is 1.28 bits per heavy atom. The molecule has 0 saturated heterocycles. The molecule has 0 saturated carbocycles. The fourth-order valence-corrected chi connectivity index (χ4v) is 3.00. The SMILES string of the molecule is CCOc1cc(/C=C/C(=O)OCc2nc3ccccc3c(=O)[nH]2)cc(Cl)c1OC. The van der Waals surface area contributed by atoms with E-state index in [9.17, 15) is 9.59 Å². The molecule has 1 heterocycles. The van der Waals surface area contributed by atoms with Gasteiger partial charge in [-0.05, 0) is 42.8 Å². The molecule has 0 aliphatic rings. The molecule has 0 spiro atoms. The van der Waals surface area contributed by atoms with Crippen molar-refractivity contribution in [3.05, 3.63) is 69.2 Å². The fraction of sp³-hybridized carbons (Fsp3) is 0.190. The van der Waals surface area contributed by atoms with E-state index in [4.69, 9.17) is 25.8 Å². The van der Waals surface area contributed by atoms with Gasteiger partial charge in [-0.2, -0.15) is 0 Å². The zero-order chi connectivity index (χ0) is 20.8. The highest BCUT2D eigenvalue weighted by Crippen LogP contribution is 2.36. The van der Waals surface area contributed by atoms with Crippen molar-refractivity contribution < 1.29 is 19.0 Å². The van der Waals surface area contributed by atoms with Gasteiger partial charge in [-0.3, -0.25) is 4.79 Å². The van der Waals surface area contributed by atoms with Gasteiger partial charge in [0.25, 0.3) is 5.56 Å². The van der Waals surface area contributed by atoms with Crippen LogP contribution in [0, 0.1) is 0 Å². The minimum Gasteiger partial charge on any atom is -0.491 e. The first kappa shape index (κ1) is 20.4. The number of rotatable bonds is 7. The summed E-state index contributed by atoms with van der Waals surface area (Å²) in [5, 5.41) is 0.841. The highest BCUT2D eigenvalue weighted by Gasteiger charge is 2.11. The molecule has 0 aliphatic carbocycles. The van der Waals surface area contributed by atoms with Gasteiger partial charge in [0.05, 0.1) is 29.6 Å². The number of halogens is 1. The average molecular weight is 415 g/mol. The van der Waals surface area contributed by atoms with Gasteiger partial charge in [-0.15, -0.1) is 0 Å². The van der Waals surface area contributed by atoms with Gasteiger partial charge in [0.2, 0.25) is 0 Å². The molecule has 0 fully saturated rings. The summed E-state index contributed by atoms with van der Waals surface area (Å²) in [5.74, 6) is 0.584. The Bertz CT molecular complexity index is 1120. The molecule has 0 aliphatic heterocycles. The van der Waals surface area contributed by atoms with Crippen LogP contribution in [0.4, 0.5) is 0 Å². The summed E-state index contributed by atoms with van der Waals surface area (Å²) < 4.78 is 15.9. The maximum absolute atomic E-state index is 12.0. The van der Waals surface area contributed by atoms with Crippen LogP contribution < -0.4 is 15.0 Å². The Labute approximate surface area is 171 Å². The van der Waals surface area contributed by atoms with Crippen LogP contribution in [-0.2, 0) is 16.1 Å². The number of carbonyl (C=O) groups is 1. The van der Waals surface area contributed by atoms with Crippen molar-refractivity contribution >= 4 is 34.5 Å². The van der Waals surface area contributed by atoms with Gasteiger partial charge in [-0.25, -0.2) is 9.78 Å². The van der Waals surface area contributed by atoms with Gasteiger partial charge in [-0.1, -0.05) is 23.7 Å². The molecular formula is C21H19ClN2O5. The molecule has 1 N–H and O–H groups in total. The van der Waals surface area contributed by atoms with Gasteiger partial charge in [0, 0.05) is 6.08 Å². The molecule has 7 nitrogen and oxygen atoms in total. The maximum atomic E-state index is 12.0. The molecule has 29 heavy (non-hydrogen) atoms. The lowest BCUT2D eigenvalue weighted by Gasteiger charge is -2.11. The number of hydrogen-bond donors (Lipinski definition) is 1. The monoisotopic (exact) mass is 414 g/mol. The zero-order valence-electron chi connectivity index (χ0n) is 15.9. The van der Waals surface area contributed by atoms with Crippen molar-refractivity contribution in [2.45, 2.75) is 13.5 Å². The van der Waals surface area contributed by atoms with Gasteiger partial charge in [0.15, 0.2) is 11.5 Å². The molecule has 3 rings (SSSR count). The minimum atomic E-state index is -0.592. The lowest BCUT2D eigenvalue weighted by Crippen LogP contribution is -2.13. The topological polar surface area (TPSA) is 90.5 Å². The smallest absolute Gasteiger partial charge is 0.331 e. The number of nitrogens with one attached hydrogen (secondary N) is 1. The van der Waals surface area contributed by atoms with E-state index < -0.39 is 5.97 Å². The second kappa shape index (κ2) is 9.25. The summed E-state index contributed by atoms with van der Waals surface area (Å²) in [6, 6.07) is 10.3. The lowest BCUT2D eigenvalue weighted by atomic mass is 10.2. The maximum Gasteiger partial charge on any atom is 0.331 e. The molecule has 0 atom stereocenters.